The predicted octanol–water partition coefficient (Wildman–Crippen LogP) is 3.51. The minimum Gasteiger partial charge on any atom is -0.490 e. The second-order valence-corrected chi connectivity index (χ2v) is 7.88. The highest BCUT2D eigenvalue weighted by atomic mass is 16.5. The van der Waals surface area contributed by atoms with Crippen molar-refractivity contribution in [3.63, 3.8) is 0 Å². The van der Waals surface area contributed by atoms with Crippen LogP contribution in [0.1, 0.15) is 37.3 Å². The van der Waals surface area contributed by atoms with Crippen molar-refractivity contribution >= 4 is 11.8 Å². The van der Waals surface area contributed by atoms with Crippen molar-refractivity contribution in [3.8, 4) is 11.5 Å². The Balaban J connectivity index is 1.37. The van der Waals surface area contributed by atoms with Crippen LogP contribution in [0.15, 0.2) is 48.5 Å². The van der Waals surface area contributed by atoms with Gasteiger partial charge in [-0.2, -0.15) is 0 Å². The Bertz CT molecular complexity index is 858. The van der Waals surface area contributed by atoms with Gasteiger partial charge in [0, 0.05) is 25.6 Å². The molecule has 0 aromatic heterocycles. The van der Waals surface area contributed by atoms with Crippen molar-refractivity contribution in [2.24, 2.45) is 0 Å². The second kappa shape index (κ2) is 11.4. The van der Waals surface area contributed by atoms with E-state index in [1.807, 2.05) is 25.1 Å². The van der Waals surface area contributed by atoms with Gasteiger partial charge in [0.25, 0.3) is 5.91 Å². The molecule has 0 unspecified atom stereocenters. The van der Waals surface area contributed by atoms with E-state index < -0.39 is 0 Å². The fourth-order valence-corrected chi connectivity index (χ4v) is 3.66. The highest BCUT2D eigenvalue weighted by Gasteiger charge is 2.24. The molecule has 1 N–H and O–H groups in total. The first-order chi connectivity index (χ1) is 15.0. The molecule has 6 heteroatoms. The predicted molar refractivity (Wildman–Crippen MR) is 120 cm³/mol. The summed E-state index contributed by atoms with van der Waals surface area (Å²) in [7, 11) is 0. The highest BCUT2D eigenvalue weighted by Crippen LogP contribution is 2.26. The Morgan fingerprint density at radius 1 is 1.00 bits per heavy atom. The minimum atomic E-state index is -0.0459. The Morgan fingerprint density at radius 2 is 1.65 bits per heavy atom. The smallest absolute Gasteiger partial charge is 0.260 e. The van der Waals surface area contributed by atoms with Crippen LogP contribution < -0.4 is 14.8 Å². The first kappa shape index (κ1) is 22.7. The molecule has 6 nitrogen and oxygen atoms in total. The van der Waals surface area contributed by atoms with Crippen LogP contribution in [0.2, 0.25) is 0 Å². The van der Waals surface area contributed by atoms with Crippen molar-refractivity contribution in [2.45, 2.75) is 45.6 Å². The molecule has 2 aromatic carbocycles. The maximum atomic E-state index is 12.5. The molecule has 0 atom stereocenters. The van der Waals surface area contributed by atoms with Crippen molar-refractivity contribution < 1.29 is 19.1 Å². The first-order valence-corrected chi connectivity index (χ1v) is 11.0. The summed E-state index contributed by atoms with van der Waals surface area (Å²) in [4.78, 5) is 26.6. The number of carbonyl (C=O) groups is 2. The Morgan fingerprint density at radius 3 is 2.29 bits per heavy atom. The number of aryl methyl sites for hydroxylation is 2. The summed E-state index contributed by atoms with van der Waals surface area (Å²) in [6.45, 7) is 5.74. The first-order valence-electron chi connectivity index (χ1n) is 11.0. The summed E-state index contributed by atoms with van der Waals surface area (Å²) in [5, 5.41) is 3.11. The summed E-state index contributed by atoms with van der Waals surface area (Å²) < 4.78 is 11.2. The number of carbonyl (C=O) groups excluding carboxylic acids is 2. The number of ether oxygens (including phenoxy) is 2. The molecular weight excluding hydrogens is 392 g/mol. The van der Waals surface area contributed by atoms with Crippen LogP contribution in [0, 0.1) is 6.92 Å². The van der Waals surface area contributed by atoms with Gasteiger partial charge in [0.2, 0.25) is 5.91 Å². The lowest BCUT2D eigenvalue weighted by Crippen LogP contribution is -2.47. The maximum absolute atomic E-state index is 12.5. The number of nitrogens with zero attached hydrogens (tertiary/aromatic N) is 1. The van der Waals surface area contributed by atoms with E-state index >= 15 is 0 Å². The van der Waals surface area contributed by atoms with Crippen LogP contribution in [-0.2, 0) is 16.0 Å². The number of piperidine rings is 1. The van der Waals surface area contributed by atoms with Gasteiger partial charge in [-0.15, -0.1) is 0 Å². The third-order valence-corrected chi connectivity index (χ3v) is 5.47. The van der Waals surface area contributed by atoms with Gasteiger partial charge in [-0.3, -0.25) is 9.59 Å². The molecule has 3 rings (SSSR count). The highest BCUT2D eigenvalue weighted by molar-refractivity contribution is 5.78. The molecular formula is C25H32N2O4. The van der Waals surface area contributed by atoms with Gasteiger partial charge in [0.15, 0.2) is 18.1 Å². The normalized spacial score (nSPS) is 14.2. The Hall–Kier alpha value is -3.02. The molecule has 1 saturated heterocycles. The number of hydrogen-bond acceptors (Lipinski definition) is 4. The average Bonchev–Trinajstić information content (AvgIpc) is 2.78. The van der Waals surface area contributed by atoms with Crippen LogP contribution in [0.4, 0.5) is 0 Å². The molecule has 2 amide bonds. The largest absolute Gasteiger partial charge is 0.490 e. The van der Waals surface area contributed by atoms with Gasteiger partial charge in [-0.05, 0) is 50.8 Å². The topological polar surface area (TPSA) is 67.9 Å². The average molecular weight is 425 g/mol. The van der Waals surface area contributed by atoms with Crippen LogP contribution in [-0.4, -0.2) is 49.1 Å². The van der Waals surface area contributed by atoms with Crippen molar-refractivity contribution in [3.05, 3.63) is 59.7 Å². The molecule has 1 fully saturated rings. The fourth-order valence-electron chi connectivity index (χ4n) is 3.66. The number of benzene rings is 2. The Labute approximate surface area is 184 Å². The third kappa shape index (κ3) is 7.02. The monoisotopic (exact) mass is 424 g/mol. The van der Waals surface area contributed by atoms with Gasteiger partial charge >= 0.3 is 0 Å². The lowest BCUT2D eigenvalue weighted by Gasteiger charge is -2.32. The van der Waals surface area contributed by atoms with E-state index in [2.05, 4.69) is 36.5 Å². The van der Waals surface area contributed by atoms with E-state index in [0.29, 0.717) is 37.6 Å². The van der Waals surface area contributed by atoms with Crippen LogP contribution in [0.3, 0.4) is 0 Å². The summed E-state index contributed by atoms with van der Waals surface area (Å²) in [5.74, 6) is 1.25. The van der Waals surface area contributed by atoms with E-state index in [0.717, 1.165) is 19.3 Å². The van der Waals surface area contributed by atoms with E-state index in [-0.39, 0.29) is 24.5 Å². The molecule has 166 valence electrons. The lowest BCUT2D eigenvalue weighted by molar-refractivity contribution is -0.134. The van der Waals surface area contributed by atoms with Gasteiger partial charge in [0.1, 0.15) is 0 Å². The van der Waals surface area contributed by atoms with Gasteiger partial charge in [0.05, 0.1) is 6.61 Å². The molecule has 31 heavy (non-hydrogen) atoms. The Kier molecular flexibility index (Phi) is 8.33. The third-order valence-electron chi connectivity index (χ3n) is 5.47. The molecule has 0 aliphatic carbocycles. The molecule has 2 aromatic rings. The zero-order chi connectivity index (χ0) is 22.1. The van der Waals surface area contributed by atoms with Gasteiger partial charge < -0.3 is 19.7 Å². The molecule has 0 spiro atoms. The number of hydrogen-bond donors (Lipinski definition) is 1. The van der Waals surface area contributed by atoms with Gasteiger partial charge in [-0.25, -0.2) is 0 Å². The second-order valence-electron chi connectivity index (χ2n) is 7.88. The molecule has 1 heterocycles. The fraction of sp³-hybridized carbons (Fsp3) is 0.440. The number of para-hydroxylation sites is 2. The van der Waals surface area contributed by atoms with Crippen LogP contribution in [0.25, 0.3) is 0 Å². The van der Waals surface area contributed by atoms with Crippen molar-refractivity contribution in [2.75, 3.05) is 26.3 Å². The zero-order valence-electron chi connectivity index (χ0n) is 18.4. The molecule has 1 aliphatic rings. The summed E-state index contributed by atoms with van der Waals surface area (Å²) >= 11 is 0. The van der Waals surface area contributed by atoms with Crippen molar-refractivity contribution in [1.29, 1.82) is 0 Å². The minimum absolute atomic E-state index is 0.0162. The standard InChI is InChI=1S/C25H32N2O4/c1-3-30-22-6-4-5-7-23(22)31-18-25(29)27-16-14-21(15-17-27)26-24(28)13-12-20-10-8-19(2)9-11-20/h4-11,21H,3,12-18H2,1-2H3,(H,26,28). The van der Waals surface area contributed by atoms with E-state index in [9.17, 15) is 9.59 Å². The molecule has 1 aliphatic heterocycles. The molecule has 0 bridgehead atoms. The van der Waals surface area contributed by atoms with E-state index in [1.54, 1.807) is 11.0 Å². The van der Waals surface area contributed by atoms with Crippen LogP contribution in [0.5, 0.6) is 11.5 Å². The quantitative estimate of drug-likeness (QED) is 0.669. The van der Waals surface area contributed by atoms with Gasteiger partial charge in [-0.1, -0.05) is 42.0 Å². The summed E-state index contributed by atoms with van der Waals surface area (Å²) in [6, 6.07) is 15.8. The maximum Gasteiger partial charge on any atom is 0.260 e. The SMILES string of the molecule is CCOc1ccccc1OCC(=O)N1CCC(NC(=O)CCc2ccc(C)cc2)CC1. The zero-order valence-corrected chi connectivity index (χ0v) is 18.4. The van der Waals surface area contributed by atoms with Crippen molar-refractivity contribution in [1.82, 2.24) is 10.2 Å². The number of rotatable bonds is 9. The lowest BCUT2D eigenvalue weighted by atomic mass is 10.0. The number of nitrogens with one attached hydrogen (secondary N) is 1. The summed E-state index contributed by atoms with van der Waals surface area (Å²) in [6.07, 6.45) is 2.74. The molecule has 0 radical (unpaired) electrons. The number of amides is 2. The van der Waals surface area contributed by atoms with E-state index in [1.165, 1.54) is 11.1 Å². The van der Waals surface area contributed by atoms with E-state index in [4.69, 9.17) is 9.47 Å². The summed E-state index contributed by atoms with van der Waals surface area (Å²) in [5.41, 5.74) is 2.39. The van der Waals surface area contributed by atoms with Crippen LogP contribution >= 0.6 is 0 Å². The molecule has 0 saturated carbocycles. The number of likely N-dealkylation sites (tertiary alicyclic amines) is 1.